The van der Waals surface area contributed by atoms with E-state index in [0.29, 0.717) is 0 Å². The molecular formula is C7H7Al. The third-order valence-electron chi connectivity index (χ3n) is 1.04. The zero-order valence-corrected chi connectivity index (χ0v) is 5.83. The number of hydrogen-bond acceptors (Lipinski definition) is 0. The summed E-state index contributed by atoms with van der Waals surface area (Å²) in [5.74, 6) is 0. The Morgan fingerprint density at radius 3 is 2.12 bits per heavy atom. The minimum absolute atomic E-state index is 0.261. The maximum atomic E-state index is 3.84. The Labute approximate surface area is 55.4 Å². The SMILES string of the molecule is [CH2]=[Al][c]1ccccc1. The molecule has 0 N–H and O–H groups in total. The summed E-state index contributed by atoms with van der Waals surface area (Å²) in [5.41, 5.74) is 0. The molecule has 0 amide bonds. The molecule has 0 unspecified atom stereocenters. The predicted molar refractivity (Wildman–Crippen MR) is 39.0 cm³/mol. The molecule has 0 fully saturated rings. The average Bonchev–Trinajstić information content (AvgIpc) is 1.90. The quantitative estimate of drug-likeness (QED) is 0.469. The molecule has 0 heterocycles. The van der Waals surface area contributed by atoms with Crippen LogP contribution in [-0.4, -0.2) is 20.2 Å². The normalized spacial score (nSPS) is 8.00. The molecule has 0 saturated heterocycles. The molecule has 0 spiro atoms. The van der Waals surface area contributed by atoms with E-state index < -0.39 is 0 Å². The van der Waals surface area contributed by atoms with Crippen LogP contribution in [0.5, 0.6) is 0 Å². The standard InChI is InChI=1S/C6H5.CH2.Al/c1-2-4-6-5-3-1;;/h1-5H;1H2;. The van der Waals surface area contributed by atoms with Crippen molar-refractivity contribution in [3.8, 4) is 0 Å². The molecule has 1 heteroatoms. The fraction of sp³-hybridized carbons (Fsp3) is 0. The van der Waals surface area contributed by atoms with Crippen molar-refractivity contribution in [1.29, 1.82) is 0 Å². The van der Waals surface area contributed by atoms with Gasteiger partial charge in [0.2, 0.25) is 0 Å². The second-order valence-electron chi connectivity index (χ2n) is 1.61. The van der Waals surface area contributed by atoms with Crippen LogP contribution in [-0.2, 0) is 0 Å². The summed E-state index contributed by atoms with van der Waals surface area (Å²) in [6, 6.07) is 10.4. The molecule has 0 atom stereocenters. The maximum absolute atomic E-state index is 3.84. The fourth-order valence-corrected chi connectivity index (χ4v) is 1.08. The Hall–Kier alpha value is -0.378. The van der Waals surface area contributed by atoms with E-state index in [1.54, 1.807) is 0 Å². The third-order valence-corrected chi connectivity index (χ3v) is 1.89. The Morgan fingerprint density at radius 2 is 1.75 bits per heavy atom. The van der Waals surface area contributed by atoms with Crippen molar-refractivity contribution in [2.24, 2.45) is 0 Å². The molecule has 0 bridgehead atoms. The van der Waals surface area contributed by atoms with Gasteiger partial charge >= 0.3 is 54.9 Å². The molecule has 8 heavy (non-hydrogen) atoms. The van der Waals surface area contributed by atoms with Gasteiger partial charge in [0, 0.05) is 0 Å². The van der Waals surface area contributed by atoms with E-state index in [2.05, 4.69) is 17.5 Å². The Balaban J connectivity index is 2.99. The molecule has 1 rings (SSSR count). The second-order valence-corrected chi connectivity index (χ2v) is 2.69. The van der Waals surface area contributed by atoms with Crippen LogP contribution in [0.2, 0.25) is 0 Å². The van der Waals surface area contributed by atoms with Crippen molar-refractivity contribution in [1.82, 2.24) is 0 Å². The summed E-state index contributed by atoms with van der Waals surface area (Å²) in [4.78, 5) is 0. The zero-order valence-electron chi connectivity index (χ0n) is 4.67. The van der Waals surface area contributed by atoms with Crippen molar-refractivity contribution in [3.05, 3.63) is 30.3 Å². The van der Waals surface area contributed by atoms with Gasteiger partial charge in [-0.25, -0.2) is 0 Å². The van der Waals surface area contributed by atoms with E-state index in [1.807, 2.05) is 18.2 Å². The van der Waals surface area contributed by atoms with Crippen LogP contribution in [0.15, 0.2) is 30.3 Å². The molecule has 0 aromatic heterocycles. The minimum atomic E-state index is 0.261. The Morgan fingerprint density at radius 1 is 1.12 bits per heavy atom. The van der Waals surface area contributed by atoms with E-state index in [4.69, 9.17) is 0 Å². The molecular weight excluding hydrogens is 111 g/mol. The van der Waals surface area contributed by atoms with E-state index >= 15 is 0 Å². The number of rotatable bonds is 1. The summed E-state index contributed by atoms with van der Waals surface area (Å²) in [6.07, 6.45) is 0. The molecule has 0 radical (unpaired) electrons. The molecule has 0 nitrogen and oxygen atoms in total. The van der Waals surface area contributed by atoms with Crippen molar-refractivity contribution >= 4 is 24.6 Å². The first-order valence-electron chi connectivity index (χ1n) is 2.61. The van der Waals surface area contributed by atoms with Crippen LogP contribution in [0.3, 0.4) is 0 Å². The van der Waals surface area contributed by atoms with Gasteiger partial charge in [-0.2, -0.15) is 0 Å². The second kappa shape index (κ2) is 2.82. The van der Waals surface area contributed by atoms with Crippen molar-refractivity contribution in [3.63, 3.8) is 0 Å². The van der Waals surface area contributed by atoms with E-state index in [9.17, 15) is 0 Å². The summed E-state index contributed by atoms with van der Waals surface area (Å²) in [7, 11) is 0. The van der Waals surface area contributed by atoms with Crippen molar-refractivity contribution < 1.29 is 0 Å². The van der Waals surface area contributed by atoms with Crippen LogP contribution in [0.1, 0.15) is 0 Å². The van der Waals surface area contributed by atoms with E-state index in [1.165, 1.54) is 4.43 Å². The Bertz CT molecular complexity index is 167. The molecule has 0 aliphatic heterocycles. The molecule has 1 aromatic carbocycles. The first-order chi connectivity index (χ1) is 3.93. The monoisotopic (exact) mass is 118 g/mol. The van der Waals surface area contributed by atoms with Crippen molar-refractivity contribution in [2.75, 3.05) is 0 Å². The van der Waals surface area contributed by atoms with Crippen LogP contribution in [0.4, 0.5) is 0 Å². The van der Waals surface area contributed by atoms with Crippen LogP contribution >= 0.6 is 0 Å². The van der Waals surface area contributed by atoms with Gasteiger partial charge in [0.1, 0.15) is 0 Å². The van der Waals surface area contributed by atoms with Gasteiger partial charge in [-0.1, -0.05) is 0 Å². The third kappa shape index (κ3) is 1.30. The van der Waals surface area contributed by atoms with Gasteiger partial charge in [0.15, 0.2) is 0 Å². The Kier molecular flexibility index (Phi) is 2.03. The molecule has 0 saturated carbocycles. The van der Waals surface area contributed by atoms with Gasteiger partial charge in [-0.05, 0) is 0 Å². The molecule has 0 aliphatic rings. The fourth-order valence-electron chi connectivity index (χ4n) is 0.589. The first-order valence-corrected chi connectivity index (χ1v) is 4.00. The van der Waals surface area contributed by atoms with E-state index in [0.717, 1.165) is 0 Å². The van der Waals surface area contributed by atoms with Gasteiger partial charge in [0.25, 0.3) is 0 Å². The molecule has 1 aromatic rings. The summed E-state index contributed by atoms with van der Waals surface area (Å²) < 4.78 is 1.38. The van der Waals surface area contributed by atoms with Crippen LogP contribution in [0, 0.1) is 0 Å². The summed E-state index contributed by atoms with van der Waals surface area (Å²) in [5, 5.41) is 3.84. The van der Waals surface area contributed by atoms with Crippen LogP contribution in [0.25, 0.3) is 0 Å². The predicted octanol–water partition coefficient (Wildman–Crippen LogP) is 0.448. The molecule has 38 valence electrons. The van der Waals surface area contributed by atoms with Gasteiger partial charge in [0.05, 0.1) is 0 Å². The van der Waals surface area contributed by atoms with E-state index in [-0.39, 0.29) is 14.8 Å². The average molecular weight is 118 g/mol. The van der Waals surface area contributed by atoms with Crippen LogP contribution < -0.4 is 4.43 Å². The first kappa shape index (κ1) is 5.75. The van der Waals surface area contributed by atoms with Gasteiger partial charge in [-0.3, -0.25) is 0 Å². The zero-order chi connectivity index (χ0) is 5.82. The molecule has 0 aliphatic carbocycles. The van der Waals surface area contributed by atoms with Gasteiger partial charge in [-0.15, -0.1) is 0 Å². The topological polar surface area (TPSA) is 0 Å². The van der Waals surface area contributed by atoms with Gasteiger partial charge < -0.3 is 0 Å². The van der Waals surface area contributed by atoms with Crippen molar-refractivity contribution in [2.45, 2.75) is 0 Å². The summed E-state index contributed by atoms with van der Waals surface area (Å²) >= 11 is 0.261. The number of benzene rings is 1. The summed E-state index contributed by atoms with van der Waals surface area (Å²) in [6.45, 7) is 0. The number of hydrogen-bond donors (Lipinski definition) is 0.